The minimum absolute atomic E-state index is 0.0837. The van der Waals surface area contributed by atoms with Gasteiger partial charge in [0.05, 0.1) is 28.6 Å². The SMILES string of the molecule is CO[C@H]1/C=C\C=C(/C)C(=O)Nc2cc3c(c(c2O)C[C@@H](C)C[C@H](OC)[C@H](O)[C@@H](C)/C=C(\C)[C@@H]1OC(N)=O)=NC(=NC(=N)N1CCC(C)CC1)N=3. The first-order valence-electron chi connectivity index (χ1n) is 17.0. The zero-order chi connectivity index (χ0) is 36.7. The number of ether oxygens (including phenoxy) is 3. The molecule has 0 radical (unpaired) electrons. The lowest BCUT2D eigenvalue weighted by molar-refractivity contribution is -0.112. The number of phenolic OH excluding ortho intramolecular Hbond substituents is 1. The van der Waals surface area contributed by atoms with Gasteiger partial charge in [-0.2, -0.15) is 4.99 Å². The van der Waals surface area contributed by atoms with Crippen LogP contribution in [-0.4, -0.2) is 90.8 Å². The Bertz CT molecular complexity index is 1690. The zero-order valence-corrected chi connectivity index (χ0v) is 30.0. The van der Waals surface area contributed by atoms with Gasteiger partial charge in [0.15, 0.2) is 6.10 Å². The second-order valence-electron chi connectivity index (χ2n) is 13.6. The van der Waals surface area contributed by atoms with Crippen LogP contribution in [0.5, 0.6) is 5.75 Å². The molecule has 1 fully saturated rings. The number of carbonyl (C=O) groups is 2. The van der Waals surface area contributed by atoms with Crippen molar-refractivity contribution in [2.24, 2.45) is 38.5 Å². The lowest BCUT2D eigenvalue weighted by Gasteiger charge is -2.30. The molecule has 272 valence electrons. The molecule has 0 unspecified atom stereocenters. The second-order valence-corrected chi connectivity index (χ2v) is 13.6. The third-order valence-corrected chi connectivity index (χ3v) is 9.52. The molecule has 14 nitrogen and oxygen atoms in total. The number of allylic oxidation sites excluding steroid dienone is 2. The normalized spacial score (nSPS) is 30.5. The molecule has 1 aromatic carbocycles. The van der Waals surface area contributed by atoms with E-state index < -0.39 is 42.3 Å². The van der Waals surface area contributed by atoms with E-state index in [0.29, 0.717) is 46.2 Å². The van der Waals surface area contributed by atoms with Crippen LogP contribution in [0.4, 0.5) is 10.5 Å². The third-order valence-electron chi connectivity index (χ3n) is 9.52. The minimum atomic E-state index is -0.986. The van der Waals surface area contributed by atoms with E-state index in [1.165, 1.54) is 14.2 Å². The molecular weight excluding hydrogens is 642 g/mol. The summed E-state index contributed by atoms with van der Waals surface area (Å²) >= 11 is 0. The van der Waals surface area contributed by atoms with E-state index in [9.17, 15) is 19.8 Å². The number of fused-ring (bicyclic) bond motifs is 4. The maximum atomic E-state index is 13.3. The first-order chi connectivity index (χ1) is 23.7. The maximum Gasteiger partial charge on any atom is 0.405 e. The lowest BCUT2D eigenvalue weighted by Crippen LogP contribution is -2.37. The Morgan fingerprint density at radius 2 is 1.82 bits per heavy atom. The van der Waals surface area contributed by atoms with Crippen LogP contribution in [0.1, 0.15) is 59.4 Å². The first kappa shape index (κ1) is 38.4. The third kappa shape index (κ3) is 9.43. The predicted octanol–water partition coefficient (Wildman–Crippen LogP) is 3.13. The van der Waals surface area contributed by atoms with Crippen molar-refractivity contribution in [3.8, 4) is 5.75 Å². The Morgan fingerprint density at radius 1 is 1.12 bits per heavy atom. The summed E-state index contributed by atoms with van der Waals surface area (Å²) in [5, 5.41) is 35.2. The van der Waals surface area contributed by atoms with E-state index in [2.05, 4.69) is 27.2 Å². The van der Waals surface area contributed by atoms with Crippen LogP contribution in [0, 0.1) is 23.2 Å². The van der Waals surface area contributed by atoms with Gasteiger partial charge >= 0.3 is 6.09 Å². The summed E-state index contributed by atoms with van der Waals surface area (Å²) in [6.45, 7) is 10.9. The highest BCUT2D eigenvalue weighted by atomic mass is 16.6. The fraction of sp³-hybridized carbons (Fsp3) is 0.556. The highest BCUT2D eigenvalue weighted by Gasteiger charge is 2.30. The van der Waals surface area contributed by atoms with Crippen LogP contribution in [0.3, 0.4) is 0 Å². The summed E-state index contributed by atoms with van der Waals surface area (Å²) in [7, 11) is 2.98. The Kier molecular flexibility index (Phi) is 13.1. The summed E-state index contributed by atoms with van der Waals surface area (Å²) in [6.07, 6.45) is 5.07. The smallest absolute Gasteiger partial charge is 0.405 e. The van der Waals surface area contributed by atoms with Gasteiger partial charge < -0.3 is 40.4 Å². The summed E-state index contributed by atoms with van der Waals surface area (Å²) in [6, 6.07) is 1.55. The number of methoxy groups -OCH3 is 2. The number of phenols is 1. The van der Waals surface area contributed by atoms with Crippen LogP contribution < -0.4 is 21.8 Å². The van der Waals surface area contributed by atoms with Gasteiger partial charge in [0.1, 0.15) is 11.9 Å². The van der Waals surface area contributed by atoms with E-state index in [0.717, 1.165) is 25.9 Å². The number of aliphatic hydroxyl groups is 1. The number of nitrogens with zero attached hydrogens (tertiary/aromatic N) is 4. The van der Waals surface area contributed by atoms with Crippen molar-refractivity contribution < 1.29 is 34.0 Å². The fourth-order valence-corrected chi connectivity index (χ4v) is 6.47. The van der Waals surface area contributed by atoms with Crippen LogP contribution in [0.2, 0.25) is 0 Å². The number of nitrogens with one attached hydrogen (secondary N) is 2. The Labute approximate surface area is 293 Å². The van der Waals surface area contributed by atoms with Gasteiger partial charge in [0.25, 0.3) is 11.9 Å². The average molecular weight is 694 g/mol. The van der Waals surface area contributed by atoms with Crippen LogP contribution >= 0.6 is 0 Å². The largest absolute Gasteiger partial charge is 0.505 e. The molecule has 1 saturated heterocycles. The number of aromatic hydroxyl groups is 1. The number of likely N-dealkylation sites (tertiary alicyclic amines) is 1. The van der Waals surface area contributed by atoms with Crippen molar-refractivity contribution in [2.45, 2.75) is 84.7 Å². The average Bonchev–Trinajstić information content (AvgIpc) is 3.47. The zero-order valence-electron chi connectivity index (χ0n) is 30.0. The van der Waals surface area contributed by atoms with Crippen molar-refractivity contribution in [1.29, 1.82) is 5.41 Å². The molecule has 3 aliphatic rings. The van der Waals surface area contributed by atoms with Gasteiger partial charge in [-0.25, -0.2) is 14.8 Å². The van der Waals surface area contributed by atoms with Gasteiger partial charge in [-0.3, -0.25) is 10.2 Å². The number of rotatable bonds is 3. The van der Waals surface area contributed by atoms with Gasteiger partial charge in [-0.1, -0.05) is 45.1 Å². The molecule has 0 spiro atoms. The van der Waals surface area contributed by atoms with Gasteiger partial charge in [0, 0.05) is 44.4 Å². The van der Waals surface area contributed by atoms with Gasteiger partial charge in [-0.05, 0) is 63.0 Å². The highest BCUT2D eigenvalue weighted by Crippen LogP contribution is 2.29. The number of primary amides is 1. The van der Waals surface area contributed by atoms with Crippen molar-refractivity contribution in [2.75, 3.05) is 32.6 Å². The monoisotopic (exact) mass is 693 g/mol. The molecule has 3 heterocycles. The number of hydrogen-bond acceptors (Lipinski definition) is 8. The summed E-state index contributed by atoms with van der Waals surface area (Å²) in [5.74, 6) is -0.413. The van der Waals surface area contributed by atoms with Crippen molar-refractivity contribution in [1.82, 2.24) is 4.90 Å². The maximum absolute atomic E-state index is 13.3. The molecule has 4 rings (SSSR count). The van der Waals surface area contributed by atoms with Crippen LogP contribution in [-0.2, 0) is 25.4 Å². The minimum Gasteiger partial charge on any atom is -0.505 e. The van der Waals surface area contributed by atoms with E-state index in [4.69, 9.17) is 25.4 Å². The summed E-state index contributed by atoms with van der Waals surface area (Å²) in [5.41, 5.74) is 6.92. The van der Waals surface area contributed by atoms with Crippen molar-refractivity contribution in [3.05, 3.63) is 57.8 Å². The molecule has 0 aromatic heterocycles. The molecule has 2 amide bonds. The quantitative estimate of drug-likeness (QED) is 0.137. The molecule has 14 heteroatoms. The van der Waals surface area contributed by atoms with E-state index in [-0.39, 0.29) is 29.3 Å². The first-order valence-corrected chi connectivity index (χ1v) is 17.0. The number of aliphatic imine (C=N–C) groups is 1. The molecule has 0 aliphatic carbocycles. The summed E-state index contributed by atoms with van der Waals surface area (Å²) in [4.78, 5) is 40.7. The number of hydrogen-bond donors (Lipinski definition) is 5. The lowest BCUT2D eigenvalue weighted by atomic mass is 9.88. The van der Waals surface area contributed by atoms with Gasteiger partial charge in [0.2, 0.25) is 5.96 Å². The molecule has 1 aromatic rings. The fourth-order valence-electron chi connectivity index (χ4n) is 6.47. The highest BCUT2D eigenvalue weighted by molar-refractivity contribution is 6.04. The van der Waals surface area contributed by atoms with Crippen molar-refractivity contribution in [3.63, 3.8) is 0 Å². The number of anilines is 1. The standard InChI is InChI=1S/C36H51N7O7/c1-19-11-13-43(14-12-19)34(37)42-36-40-25-18-26-31(45)24(29(25)41-36)15-20(2)16-28(49-7)30(44)22(4)17-23(5)32(50-35(38)47)27(48-6)10-8-9-21(3)33(46)39-26/h8-10,17-20,22,27-28,30,32,37,44-45H,11-16H2,1-7H3,(H2,38,47)(H,39,46)/b10-8-,21-9+,23-17+,37-34?,42-36?/t20-,22+,27+,28+,30-,32+/m1/s1. The summed E-state index contributed by atoms with van der Waals surface area (Å²) < 4.78 is 16.8. The number of carbonyl (C=O) groups excluding carboxylic acids is 2. The van der Waals surface area contributed by atoms with Crippen molar-refractivity contribution >= 4 is 29.6 Å². The second kappa shape index (κ2) is 17.0. The van der Waals surface area contributed by atoms with Crippen LogP contribution in [0.15, 0.2) is 56.5 Å². The van der Waals surface area contributed by atoms with E-state index in [1.54, 1.807) is 44.2 Å². The molecule has 6 N–H and O–H groups in total. The molecule has 0 saturated carbocycles. The number of benzene rings is 1. The number of piperidine rings is 1. The molecule has 6 atom stereocenters. The van der Waals surface area contributed by atoms with E-state index >= 15 is 0 Å². The number of guanidine groups is 2. The Morgan fingerprint density at radius 3 is 2.46 bits per heavy atom. The van der Waals surface area contributed by atoms with Gasteiger partial charge in [-0.15, -0.1) is 0 Å². The predicted molar refractivity (Wildman–Crippen MR) is 190 cm³/mol. The number of amides is 2. The molecule has 50 heavy (non-hydrogen) atoms. The van der Waals surface area contributed by atoms with E-state index in [1.807, 2.05) is 18.7 Å². The molecule has 3 aliphatic heterocycles. The topological polar surface area (TPSA) is 205 Å². The van der Waals surface area contributed by atoms with Crippen LogP contribution in [0.25, 0.3) is 0 Å². The number of nitrogens with two attached hydrogens (primary N) is 1. The number of aliphatic hydroxyl groups excluding tert-OH is 1. The molecular formula is C36H51N7O7. The Balaban J connectivity index is 1.78. The Hall–Kier alpha value is -4.40. The molecule has 2 bridgehead atoms.